The van der Waals surface area contributed by atoms with E-state index in [1.807, 2.05) is 36.7 Å². The Hall–Kier alpha value is -4.21. The van der Waals surface area contributed by atoms with Gasteiger partial charge in [0.2, 0.25) is 10.9 Å². The van der Waals surface area contributed by atoms with Crippen LogP contribution < -0.4 is 20.1 Å². The third-order valence-corrected chi connectivity index (χ3v) is 8.99. The minimum absolute atomic E-state index is 0.184. The normalized spacial score (nSPS) is 14.9. The van der Waals surface area contributed by atoms with Crippen molar-refractivity contribution in [1.82, 2.24) is 30.2 Å². The summed E-state index contributed by atoms with van der Waals surface area (Å²) < 4.78 is 30.5. The molecule has 0 atom stereocenters. The molecule has 13 nitrogen and oxygen atoms in total. The zero-order valence-electron chi connectivity index (χ0n) is 25.6. The molecule has 0 aliphatic carbocycles. The molecule has 1 fully saturated rings. The number of alkyl carbamates (subject to hydrolysis) is 1. The van der Waals surface area contributed by atoms with Crippen molar-refractivity contribution in [2.75, 3.05) is 26.9 Å². The van der Waals surface area contributed by atoms with Crippen LogP contribution in [0.1, 0.15) is 49.3 Å². The number of rotatable bonds is 9. The molecule has 1 aromatic carbocycles. The molecule has 2 amide bonds. The van der Waals surface area contributed by atoms with Crippen LogP contribution in [0.3, 0.4) is 0 Å². The van der Waals surface area contributed by atoms with Crippen LogP contribution in [-0.2, 0) is 26.4 Å². The molecule has 45 heavy (non-hydrogen) atoms. The van der Waals surface area contributed by atoms with E-state index in [9.17, 15) is 9.59 Å². The summed E-state index contributed by atoms with van der Waals surface area (Å²) in [5.41, 5.74) is 0.596. The van der Waals surface area contributed by atoms with Gasteiger partial charge in [0.25, 0.3) is 0 Å². The molecule has 1 aliphatic rings. The van der Waals surface area contributed by atoms with Gasteiger partial charge in [0, 0.05) is 43.6 Å². The first-order chi connectivity index (χ1) is 21.5. The first-order valence-electron chi connectivity index (χ1n) is 14.4. The fourth-order valence-electron chi connectivity index (χ4n) is 5.00. The second-order valence-corrected chi connectivity index (χ2v) is 13.7. The molecule has 4 aromatic heterocycles. The second-order valence-electron chi connectivity index (χ2n) is 11.7. The number of hydrogen-bond donors (Lipinski definition) is 2. The molecule has 1 saturated heterocycles. The van der Waals surface area contributed by atoms with Gasteiger partial charge in [-0.2, -0.15) is 5.10 Å². The number of hydrogen-bond acceptors (Lipinski definition) is 12. The van der Waals surface area contributed by atoms with Crippen LogP contribution in [0, 0.1) is 6.92 Å². The zero-order chi connectivity index (χ0) is 31.8. The van der Waals surface area contributed by atoms with E-state index in [0.29, 0.717) is 60.3 Å². The Morgan fingerprint density at radius 2 is 1.96 bits per heavy atom. The van der Waals surface area contributed by atoms with Gasteiger partial charge in [0.15, 0.2) is 5.76 Å². The Morgan fingerprint density at radius 3 is 2.69 bits per heavy atom. The number of methoxy groups -OCH3 is 1. The lowest BCUT2D eigenvalue weighted by Gasteiger charge is -2.36. The largest absolute Gasteiger partial charge is 0.496 e. The van der Waals surface area contributed by atoms with E-state index in [1.165, 1.54) is 22.7 Å². The van der Waals surface area contributed by atoms with Crippen molar-refractivity contribution < 1.29 is 33.0 Å². The van der Waals surface area contributed by atoms with Crippen LogP contribution in [0.4, 0.5) is 4.79 Å². The summed E-state index contributed by atoms with van der Waals surface area (Å²) in [6, 6.07) is 5.51. The van der Waals surface area contributed by atoms with Crippen molar-refractivity contribution >= 4 is 50.6 Å². The van der Waals surface area contributed by atoms with Gasteiger partial charge in [-0.15, -0.1) is 11.3 Å². The van der Waals surface area contributed by atoms with Crippen LogP contribution >= 0.6 is 22.7 Å². The molecule has 2 N–H and O–H groups in total. The lowest BCUT2D eigenvalue weighted by atomic mass is 9.90. The summed E-state index contributed by atoms with van der Waals surface area (Å²) in [7, 11) is 1.59. The van der Waals surface area contributed by atoms with Crippen molar-refractivity contribution in [2.45, 2.75) is 58.3 Å². The number of nitrogens with one attached hydrogen (secondary N) is 2. The number of aromatic nitrogens is 4. The molecule has 0 unspecified atom stereocenters. The van der Waals surface area contributed by atoms with Crippen LogP contribution in [0.2, 0.25) is 0 Å². The fourth-order valence-corrected chi connectivity index (χ4v) is 6.74. The van der Waals surface area contributed by atoms with Crippen molar-refractivity contribution in [3.05, 3.63) is 45.5 Å². The number of furan rings is 1. The minimum atomic E-state index is -0.720. The van der Waals surface area contributed by atoms with E-state index < -0.39 is 17.2 Å². The number of benzene rings is 1. The first kappa shape index (κ1) is 30.8. The summed E-state index contributed by atoms with van der Waals surface area (Å²) in [5, 5.41) is 14.4. The Morgan fingerprint density at radius 1 is 1.16 bits per heavy atom. The third kappa shape index (κ3) is 6.89. The zero-order valence-corrected chi connectivity index (χ0v) is 27.2. The van der Waals surface area contributed by atoms with Gasteiger partial charge in [0.1, 0.15) is 51.5 Å². The summed E-state index contributed by atoms with van der Waals surface area (Å²) in [4.78, 5) is 35.3. The molecule has 0 radical (unpaired) electrons. The predicted octanol–water partition coefficient (Wildman–Crippen LogP) is 5.20. The Kier molecular flexibility index (Phi) is 8.41. The standard InChI is InChI=1S/C30H34N6O7S2/c1-17-35-36-14-21(33-27(36)45-17)24-12-20-22(10-19(39-5)11-23(20)42-24)41-15-18-16-44-26(32-18)30(6-8-40-9-7-30)34-25(37)13-31-28(38)43-29(2,3)4/h10-12,14,16H,6-9,13,15H2,1-5H3,(H,31,38)(H,34,37). The van der Waals surface area contributed by atoms with Gasteiger partial charge in [0.05, 0.1) is 29.9 Å². The van der Waals surface area contributed by atoms with Crippen LogP contribution in [0.5, 0.6) is 11.5 Å². The molecule has 5 heterocycles. The number of carbonyl (C=O) groups excluding carboxylic acids is 2. The smallest absolute Gasteiger partial charge is 0.408 e. The van der Waals surface area contributed by atoms with E-state index in [1.54, 1.807) is 32.4 Å². The maximum absolute atomic E-state index is 12.9. The van der Waals surface area contributed by atoms with Crippen LogP contribution in [0.25, 0.3) is 27.4 Å². The summed E-state index contributed by atoms with van der Waals surface area (Å²) in [6.07, 6.45) is 2.28. The summed E-state index contributed by atoms with van der Waals surface area (Å²) in [5.74, 6) is 1.41. The Bertz CT molecular complexity index is 1810. The van der Waals surface area contributed by atoms with Crippen molar-refractivity contribution in [1.29, 1.82) is 0 Å². The first-order valence-corrected chi connectivity index (χ1v) is 16.1. The highest BCUT2D eigenvalue weighted by Gasteiger charge is 2.39. The highest BCUT2D eigenvalue weighted by Crippen LogP contribution is 2.38. The maximum atomic E-state index is 12.9. The summed E-state index contributed by atoms with van der Waals surface area (Å²) in [6.45, 7) is 8.14. The molecule has 15 heteroatoms. The number of fused-ring (bicyclic) bond motifs is 2. The van der Waals surface area contributed by atoms with Gasteiger partial charge in [-0.05, 0) is 33.8 Å². The monoisotopic (exact) mass is 654 g/mol. The van der Waals surface area contributed by atoms with Crippen molar-refractivity contribution in [3.63, 3.8) is 0 Å². The predicted molar refractivity (Wildman–Crippen MR) is 168 cm³/mol. The number of carbonyl (C=O) groups is 2. The van der Waals surface area contributed by atoms with E-state index in [4.69, 9.17) is 28.3 Å². The average Bonchev–Trinajstić information content (AvgIpc) is 3.77. The van der Waals surface area contributed by atoms with Crippen LogP contribution in [-0.4, -0.2) is 64.1 Å². The molecule has 1 aliphatic heterocycles. The van der Waals surface area contributed by atoms with Gasteiger partial charge in [-0.3, -0.25) is 4.79 Å². The van der Waals surface area contributed by atoms with Gasteiger partial charge in [-0.25, -0.2) is 19.3 Å². The molecule has 238 valence electrons. The quantitative estimate of drug-likeness (QED) is 0.217. The van der Waals surface area contributed by atoms with E-state index in [-0.39, 0.29) is 19.1 Å². The topological polar surface area (TPSA) is 151 Å². The number of thiazole rings is 1. The molecular formula is C30H34N6O7S2. The average molecular weight is 655 g/mol. The Labute approximate surface area is 266 Å². The number of aryl methyl sites for hydroxylation is 1. The maximum Gasteiger partial charge on any atom is 0.408 e. The van der Waals surface area contributed by atoms with Crippen molar-refractivity contribution in [3.8, 4) is 23.0 Å². The molecule has 0 spiro atoms. The SMILES string of the molecule is COc1cc(OCc2csc(C3(NC(=O)CNC(=O)OC(C)(C)C)CCOCC3)n2)c2cc(-c3cn4nc(C)sc4n3)oc2c1. The second kappa shape index (κ2) is 12.3. The molecule has 5 aromatic rings. The highest BCUT2D eigenvalue weighted by molar-refractivity contribution is 7.16. The highest BCUT2D eigenvalue weighted by atomic mass is 32.1. The number of amides is 2. The van der Waals surface area contributed by atoms with E-state index >= 15 is 0 Å². The number of nitrogens with zero attached hydrogens (tertiary/aromatic N) is 4. The van der Waals surface area contributed by atoms with Crippen molar-refractivity contribution in [2.24, 2.45) is 0 Å². The van der Waals surface area contributed by atoms with Gasteiger partial charge in [-0.1, -0.05) is 11.3 Å². The fraction of sp³-hybridized carbons (Fsp3) is 0.433. The van der Waals surface area contributed by atoms with Crippen LogP contribution in [0.15, 0.2) is 34.2 Å². The van der Waals surface area contributed by atoms with Gasteiger partial charge < -0.3 is 34.0 Å². The lowest BCUT2D eigenvalue weighted by molar-refractivity contribution is -0.123. The summed E-state index contributed by atoms with van der Waals surface area (Å²) >= 11 is 2.95. The molecule has 0 bridgehead atoms. The Balaban J connectivity index is 1.17. The minimum Gasteiger partial charge on any atom is -0.496 e. The number of imidazole rings is 1. The molecule has 6 rings (SSSR count). The van der Waals surface area contributed by atoms with Gasteiger partial charge >= 0.3 is 6.09 Å². The number of ether oxygens (including phenoxy) is 4. The van der Waals surface area contributed by atoms with E-state index in [0.717, 1.165) is 20.4 Å². The molecule has 0 saturated carbocycles. The van der Waals surface area contributed by atoms with E-state index in [2.05, 4.69) is 20.7 Å². The third-order valence-electron chi connectivity index (χ3n) is 7.06. The lowest BCUT2D eigenvalue weighted by Crippen LogP contribution is -2.52. The molecular weight excluding hydrogens is 620 g/mol.